The van der Waals surface area contributed by atoms with Crippen molar-refractivity contribution in [3.05, 3.63) is 33.9 Å². The maximum absolute atomic E-state index is 13.2. The number of nitro groups is 1. The molecular formula is C17H22F3N3O3. The zero-order valence-corrected chi connectivity index (χ0v) is 14.9. The molecule has 26 heavy (non-hydrogen) atoms. The monoisotopic (exact) mass is 373 g/mol. The third-order valence-corrected chi connectivity index (χ3v) is 4.30. The van der Waals surface area contributed by atoms with Gasteiger partial charge in [0.05, 0.1) is 10.5 Å². The van der Waals surface area contributed by atoms with Crippen molar-refractivity contribution in [3.8, 4) is 0 Å². The van der Waals surface area contributed by atoms with Crippen molar-refractivity contribution in [1.82, 2.24) is 4.90 Å². The number of alkyl halides is 3. The molecule has 1 aliphatic rings. The van der Waals surface area contributed by atoms with Gasteiger partial charge in [-0.1, -0.05) is 20.8 Å². The van der Waals surface area contributed by atoms with Crippen LogP contribution in [0, 0.1) is 15.5 Å². The van der Waals surface area contributed by atoms with Gasteiger partial charge in [0.2, 0.25) is 5.91 Å². The number of nitrogens with one attached hydrogen (secondary N) is 1. The summed E-state index contributed by atoms with van der Waals surface area (Å²) in [6, 6.07) is 2.45. The first-order chi connectivity index (χ1) is 11.9. The average molecular weight is 373 g/mol. The quantitative estimate of drug-likeness (QED) is 0.640. The van der Waals surface area contributed by atoms with Crippen molar-refractivity contribution in [1.29, 1.82) is 0 Å². The standard InChI is InChI=1S/C17H22F3N3O3/c1-16(2,3)15(24)22-8-6-11(7-9-22)21-14-5-4-12(23(25)26)10-13(14)17(18,19)20/h4-5,10-11,21H,6-9H2,1-3H3. The molecule has 144 valence electrons. The molecular weight excluding hydrogens is 351 g/mol. The minimum atomic E-state index is -4.70. The van der Waals surface area contributed by atoms with Crippen LogP contribution in [0.4, 0.5) is 24.5 Å². The highest BCUT2D eigenvalue weighted by Gasteiger charge is 2.36. The smallest absolute Gasteiger partial charge is 0.382 e. The number of amides is 1. The van der Waals surface area contributed by atoms with Gasteiger partial charge in [-0.3, -0.25) is 14.9 Å². The van der Waals surface area contributed by atoms with Gasteiger partial charge >= 0.3 is 6.18 Å². The molecule has 1 amide bonds. The van der Waals surface area contributed by atoms with Crippen LogP contribution in [-0.2, 0) is 11.0 Å². The van der Waals surface area contributed by atoms with Crippen LogP contribution < -0.4 is 5.32 Å². The summed E-state index contributed by atoms with van der Waals surface area (Å²) < 4.78 is 39.7. The topological polar surface area (TPSA) is 75.5 Å². The predicted molar refractivity (Wildman–Crippen MR) is 90.8 cm³/mol. The summed E-state index contributed by atoms with van der Waals surface area (Å²) in [4.78, 5) is 23.9. The minimum Gasteiger partial charge on any atom is -0.382 e. The number of nitro benzene ring substituents is 1. The molecule has 1 N–H and O–H groups in total. The molecule has 9 heteroatoms. The Labute approximate surface area is 149 Å². The van der Waals surface area contributed by atoms with Gasteiger partial charge in [0, 0.05) is 42.4 Å². The third kappa shape index (κ3) is 4.64. The molecule has 1 saturated heterocycles. The molecule has 0 spiro atoms. The van der Waals surface area contributed by atoms with Crippen molar-refractivity contribution >= 4 is 17.3 Å². The van der Waals surface area contributed by atoms with Crippen LogP contribution in [0.25, 0.3) is 0 Å². The van der Waals surface area contributed by atoms with Crippen LogP contribution in [-0.4, -0.2) is 34.9 Å². The molecule has 6 nitrogen and oxygen atoms in total. The number of non-ortho nitro benzene ring substituents is 1. The molecule has 1 heterocycles. The van der Waals surface area contributed by atoms with Crippen molar-refractivity contribution in [2.75, 3.05) is 18.4 Å². The number of hydrogen-bond acceptors (Lipinski definition) is 4. The van der Waals surface area contributed by atoms with Gasteiger partial charge in [-0.05, 0) is 18.9 Å². The van der Waals surface area contributed by atoms with E-state index in [1.165, 1.54) is 0 Å². The Morgan fingerprint density at radius 1 is 1.23 bits per heavy atom. The Morgan fingerprint density at radius 2 is 1.81 bits per heavy atom. The lowest BCUT2D eigenvalue weighted by Crippen LogP contribution is -2.46. The highest BCUT2D eigenvalue weighted by Crippen LogP contribution is 2.37. The van der Waals surface area contributed by atoms with E-state index in [2.05, 4.69) is 5.32 Å². The highest BCUT2D eigenvalue weighted by atomic mass is 19.4. The molecule has 0 atom stereocenters. The first-order valence-electron chi connectivity index (χ1n) is 8.31. The fourth-order valence-corrected chi connectivity index (χ4v) is 2.93. The lowest BCUT2D eigenvalue weighted by Gasteiger charge is -2.36. The Morgan fingerprint density at radius 3 is 2.27 bits per heavy atom. The molecule has 2 rings (SSSR count). The number of hydrogen-bond donors (Lipinski definition) is 1. The maximum atomic E-state index is 13.2. The van der Waals surface area contributed by atoms with E-state index >= 15 is 0 Å². The van der Waals surface area contributed by atoms with Crippen molar-refractivity contribution in [3.63, 3.8) is 0 Å². The number of nitrogens with zero attached hydrogens (tertiary/aromatic N) is 2. The minimum absolute atomic E-state index is 0.0160. The number of anilines is 1. The molecule has 0 saturated carbocycles. The predicted octanol–water partition coefficient (Wildman–Crippen LogP) is 4.06. The van der Waals surface area contributed by atoms with E-state index < -0.39 is 27.8 Å². The Kier molecular flexibility index (Phi) is 5.48. The van der Waals surface area contributed by atoms with Gasteiger partial charge < -0.3 is 10.2 Å². The van der Waals surface area contributed by atoms with E-state index in [0.29, 0.717) is 32.0 Å². The number of likely N-dealkylation sites (tertiary alicyclic amines) is 1. The van der Waals surface area contributed by atoms with Crippen LogP contribution in [0.1, 0.15) is 39.2 Å². The van der Waals surface area contributed by atoms with E-state index in [4.69, 9.17) is 0 Å². The molecule has 1 aromatic rings. The first kappa shape index (κ1) is 20.0. The van der Waals surface area contributed by atoms with Crippen molar-refractivity contribution in [2.24, 2.45) is 5.41 Å². The molecule has 0 bridgehead atoms. The van der Waals surface area contributed by atoms with Gasteiger partial charge in [-0.15, -0.1) is 0 Å². The third-order valence-electron chi connectivity index (χ3n) is 4.30. The summed E-state index contributed by atoms with van der Waals surface area (Å²) in [5.74, 6) is 0.0160. The highest BCUT2D eigenvalue weighted by molar-refractivity contribution is 5.81. The lowest BCUT2D eigenvalue weighted by atomic mass is 9.93. The average Bonchev–Trinajstić information content (AvgIpc) is 2.53. The van der Waals surface area contributed by atoms with Crippen LogP contribution in [0.15, 0.2) is 18.2 Å². The summed E-state index contributed by atoms with van der Waals surface area (Å²) in [6.45, 7) is 6.40. The number of carbonyl (C=O) groups excluding carboxylic acids is 1. The largest absolute Gasteiger partial charge is 0.418 e. The summed E-state index contributed by atoms with van der Waals surface area (Å²) >= 11 is 0. The number of carbonyl (C=O) groups is 1. The van der Waals surface area contributed by atoms with Gasteiger partial charge in [0.15, 0.2) is 0 Å². The normalized spacial score (nSPS) is 16.5. The number of benzene rings is 1. The van der Waals surface area contributed by atoms with Crippen LogP contribution in [0.3, 0.4) is 0 Å². The molecule has 0 aliphatic carbocycles. The first-order valence-corrected chi connectivity index (χ1v) is 8.31. The van der Waals surface area contributed by atoms with E-state index in [1.807, 2.05) is 20.8 Å². The zero-order valence-electron chi connectivity index (χ0n) is 14.9. The summed E-state index contributed by atoms with van der Waals surface area (Å²) in [7, 11) is 0. The second-order valence-electron chi connectivity index (χ2n) is 7.45. The van der Waals surface area contributed by atoms with Crippen LogP contribution in [0.5, 0.6) is 0 Å². The fourth-order valence-electron chi connectivity index (χ4n) is 2.93. The second kappa shape index (κ2) is 7.13. The van der Waals surface area contributed by atoms with Crippen molar-refractivity contribution < 1.29 is 22.9 Å². The van der Waals surface area contributed by atoms with Gasteiger partial charge in [0.1, 0.15) is 0 Å². The fraction of sp³-hybridized carbons (Fsp3) is 0.588. The summed E-state index contributed by atoms with van der Waals surface area (Å²) in [6.07, 6.45) is -3.68. The Bertz CT molecular complexity index is 691. The molecule has 1 fully saturated rings. The Hall–Kier alpha value is -2.32. The van der Waals surface area contributed by atoms with Crippen LogP contribution >= 0.6 is 0 Å². The zero-order chi connectivity index (χ0) is 19.7. The van der Waals surface area contributed by atoms with E-state index in [0.717, 1.165) is 12.1 Å². The molecule has 0 unspecified atom stereocenters. The number of rotatable bonds is 3. The molecule has 0 aromatic heterocycles. The van der Waals surface area contributed by atoms with E-state index in [1.54, 1.807) is 4.90 Å². The van der Waals surface area contributed by atoms with Crippen LogP contribution in [0.2, 0.25) is 0 Å². The molecule has 0 radical (unpaired) electrons. The summed E-state index contributed by atoms with van der Waals surface area (Å²) in [5.41, 5.74) is -2.33. The van der Waals surface area contributed by atoms with Gasteiger partial charge in [-0.2, -0.15) is 13.2 Å². The summed E-state index contributed by atoms with van der Waals surface area (Å²) in [5, 5.41) is 13.6. The molecule has 1 aliphatic heterocycles. The number of piperidine rings is 1. The van der Waals surface area contributed by atoms with E-state index in [-0.39, 0.29) is 17.6 Å². The lowest BCUT2D eigenvalue weighted by molar-refractivity contribution is -0.385. The van der Waals surface area contributed by atoms with Crippen molar-refractivity contribution in [2.45, 2.75) is 45.8 Å². The maximum Gasteiger partial charge on any atom is 0.418 e. The van der Waals surface area contributed by atoms with E-state index in [9.17, 15) is 28.1 Å². The molecule has 1 aromatic carbocycles. The van der Waals surface area contributed by atoms with Gasteiger partial charge in [-0.25, -0.2) is 0 Å². The van der Waals surface area contributed by atoms with Gasteiger partial charge in [0.25, 0.3) is 5.69 Å². The SMILES string of the molecule is CC(C)(C)C(=O)N1CCC(Nc2ccc([N+](=O)[O-])cc2C(F)(F)F)CC1. The number of halogens is 3. The Balaban J connectivity index is 2.11. The second-order valence-corrected chi connectivity index (χ2v) is 7.45.